The van der Waals surface area contributed by atoms with Crippen LogP contribution in [-0.2, 0) is 6.54 Å². The van der Waals surface area contributed by atoms with Crippen LogP contribution in [0.1, 0.15) is 24.0 Å². The summed E-state index contributed by atoms with van der Waals surface area (Å²) < 4.78 is 19.2. The summed E-state index contributed by atoms with van der Waals surface area (Å²) in [6.07, 6.45) is 6.26. The molecule has 4 rings (SSSR count). The summed E-state index contributed by atoms with van der Waals surface area (Å²) in [5.74, 6) is 0.241. The highest BCUT2D eigenvalue weighted by molar-refractivity contribution is 5.77. The number of benzene rings is 2. The molecule has 2 aliphatic rings. The van der Waals surface area contributed by atoms with Gasteiger partial charge >= 0.3 is 0 Å². The molecule has 0 unspecified atom stereocenters. The van der Waals surface area contributed by atoms with Crippen LogP contribution in [0.3, 0.4) is 0 Å². The first kappa shape index (κ1) is 16.9. The third kappa shape index (κ3) is 3.53. The molecule has 0 radical (unpaired) electrons. The van der Waals surface area contributed by atoms with Gasteiger partial charge in [0, 0.05) is 29.9 Å². The van der Waals surface area contributed by atoms with Gasteiger partial charge in [-0.2, -0.15) is 0 Å². The number of anilines is 1. The predicted molar refractivity (Wildman–Crippen MR) is 104 cm³/mol. The summed E-state index contributed by atoms with van der Waals surface area (Å²) in [7, 11) is 1.56. The molecule has 136 valence electrons. The Morgan fingerprint density at radius 2 is 1.88 bits per heavy atom. The maximum absolute atomic E-state index is 14.0. The first-order valence-electron chi connectivity index (χ1n) is 9.12. The number of rotatable bonds is 4. The summed E-state index contributed by atoms with van der Waals surface area (Å²) in [5, 5.41) is 10.4. The number of nitrogens with one attached hydrogen (secondary N) is 3. The number of piperidine rings is 1. The molecule has 0 aromatic heterocycles. The molecule has 0 amide bonds. The minimum absolute atomic E-state index is 0.290. The standard InChI is InChI=1S/C21H24FN3O/c1-26-19-10-16(9-17(22)12-19)15-8-14-2-5-24-13-20(14)21(11-15)25-18-3-6-23-7-4-18/h2,5,8-12,18,23-25H,3-4,6-7,13H2,1H3. The Labute approximate surface area is 153 Å². The van der Waals surface area contributed by atoms with Crippen molar-refractivity contribution >= 4 is 11.8 Å². The number of hydrogen-bond acceptors (Lipinski definition) is 4. The SMILES string of the molecule is COc1cc(F)cc(-c2cc3c(c(NC4CCNCC4)c2)CNC=C3)c1. The predicted octanol–water partition coefficient (Wildman–Crippen LogP) is 3.74. The van der Waals surface area contributed by atoms with Crippen LogP contribution in [0.15, 0.2) is 36.5 Å². The molecule has 0 spiro atoms. The fourth-order valence-corrected chi connectivity index (χ4v) is 3.68. The van der Waals surface area contributed by atoms with Gasteiger partial charge in [-0.05, 0) is 79.2 Å². The van der Waals surface area contributed by atoms with Crippen LogP contribution in [0.25, 0.3) is 17.2 Å². The third-order valence-corrected chi connectivity index (χ3v) is 5.08. The fourth-order valence-electron chi connectivity index (χ4n) is 3.68. The van der Waals surface area contributed by atoms with E-state index in [1.807, 2.05) is 12.3 Å². The van der Waals surface area contributed by atoms with E-state index in [2.05, 4.69) is 34.2 Å². The first-order valence-corrected chi connectivity index (χ1v) is 9.12. The molecule has 2 aliphatic heterocycles. The fraction of sp³-hybridized carbons (Fsp3) is 0.333. The van der Waals surface area contributed by atoms with Gasteiger partial charge in [0.2, 0.25) is 0 Å². The van der Waals surface area contributed by atoms with Gasteiger partial charge in [0.15, 0.2) is 0 Å². The van der Waals surface area contributed by atoms with Gasteiger partial charge < -0.3 is 20.7 Å². The van der Waals surface area contributed by atoms with Crippen LogP contribution in [0.5, 0.6) is 5.75 Å². The van der Waals surface area contributed by atoms with Crippen molar-refractivity contribution in [1.82, 2.24) is 10.6 Å². The van der Waals surface area contributed by atoms with Crippen LogP contribution in [0.4, 0.5) is 10.1 Å². The van der Waals surface area contributed by atoms with Crippen LogP contribution in [0, 0.1) is 5.82 Å². The maximum atomic E-state index is 14.0. The van der Waals surface area contributed by atoms with Crippen molar-refractivity contribution in [3.05, 3.63) is 53.5 Å². The van der Waals surface area contributed by atoms with E-state index in [0.29, 0.717) is 11.8 Å². The monoisotopic (exact) mass is 353 g/mol. The van der Waals surface area contributed by atoms with E-state index >= 15 is 0 Å². The summed E-state index contributed by atoms with van der Waals surface area (Å²) >= 11 is 0. The van der Waals surface area contributed by atoms with E-state index in [1.54, 1.807) is 13.2 Å². The van der Waals surface area contributed by atoms with E-state index < -0.39 is 0 Å². The molecule has 1 saturated heterocycles. The van der Waals surface area contributed by atoms with Gasteiger partial charge in [0.05, 0.1) is 7.11 Å². The highest BCUT2D eigenvalue weighted by Crippen LogP contribution is 2.34. The Balaban J connectivity index is 1.75. The van der Waals surface area contributed by atoms with Crippen molar-refractivity contribution in [2.75, 3.05) is 25.5 Å². The number of methoxy groups -OCH3 is 1. The Kier molecular flexibility index (Phi) is 4.80. The molecule has 26 heavy (non-hydrogen) atoms. The van der Waals surface area contributed by atoms with Crippen molar-refractivity contribution in [2.45, 2.75) is 25.4 Å². The second-order valence-electron chi connectivity index (χ2n) is 6.85. The minimum Gasteiger partial charge on any atom is -0.497 e. The number of fused-ring (bicyclic) bond motifs is 1. The van der Waals surface area contributed by atoms with Crippen molar-refractivity contribution in [3.8, 4) is 16.9 Å². The Morgan fingerprint density at radius 3 is 2.69 bits per heavy atom. The number of halogens is 1. The topological polar surface area (TPSA) is 45.3 Å². The molecule has 0 bridgehead atoms. The van der Waals surface area contributed by atoms with Crippen LogP contribution < -0.4 is 20.7 Å². The molecular formula is C21H24FN3O. The second kappa shape index (κ2) is 7.38. The molecule has 5 heteroatoms. The maximum Gasteiger partial charge on any atom is 0.127 e. The molecular weight excluding hydrogens is 329 g/mol. The van der Waals surface area contributed by atoms with Gasteiger partial charge in [-0.1, -0.05) is 0 Å². The van der Waals surface area contributed by atoms with E-state index in [0.717, 1.165) is 49.3 Å². The third-order valence-electron chi connectivity index (χ3n) is 5.08. The van der Waals surface area contributed by atoms with Gasteiger partial charge in [-0.15, -0.1) is 0 Å². The second-order valence-corrected chi connectivity index (χ2v) is 6.85. The Hall–Kier alpha value is -2.53. The van der Waals surface area contributed by atoms with E-state index in [4.69, 9.17) is 4.74 Å². The lowest BCUT2D eigenvalue weighted by Crippen LogP contribution is -2.35. The smallest absolute Gasteiger partial charge is 0.127 e. The van der Waals surface area contributed by atoms with Gasteiger partial charge in [0.25, 0.3) is 0 Å². The molecule has 0 atom stereocenters. The molecule has 2 aromatic carbocycles. The average molecular weight is 353 g/mol. The number of hydrogen-bond donors (Lipinski definition) is 3. The zero-order chi connectivity index (χ0) is 17.9. The highest BCUT2D eigenvalue weighted by atomic mass is 19.1. The quantitative estimate of drug-likeness (QED) is 0.784. The molecule has 0 saturated carbocycles. The van der Waals surface area contributed by atoms with Crippen molar-refractivity contribution in [1.29, 1.82) is 0 Å². The van der Waals surface area contributed by atoms with E-state index in [1.165, 1.54) is 17.2 Å². The summed E-state index contributed by atoms with van der Waals surface area (Å²) in [5.41, 5.74) is 5.37. The lowest BCUT2D eigenvalue weighted by Gasteiger charge is -2.28. The zero-order valence-corrected chi connectivity index (χ0v) is 14.9. The lowest BCUT2D eigenvalue weighted by atomic mass is 9.94. The van der Waals surface area contributed by atoms with Crippen LogP contribution in [0.2, 0.25) is 0 Å². The van der Waals surface area contributed by atoms with Crippen molar-refractivity contribution < 1.29 is 9.13 Å². The first-order chi connectivity index (χ1) is 12.7. The zero-order valence-electron chi connectivity index (χ0n) is 14.9. The molecule has 0 aliphatic carbocycles. The Morgan fingerprint density at radius 1 is 1.08 bits per heavy atom. The summed E-state index contributed by atoms with van der Waals surface area (Å²) in [6.45, 7) is 2.88. The molecule has 1 fully saturated rings. The largest absolute Gasteiger partial charge is 0.497 e. The summed E-state index contributed by atoms with van der Waals surface area (Å²) in [6, 6.07) is 9.56. The minimum atomic E-state index is -0.290. The highest BCUT2D eigenvalue weighted by Gasteiger charge is 2.18. The molecule has 3 N–H and O–H groups in total. The average Bonchev–Trinajstić information content (AvgIpc) is 2.68. The van der Waals surface area contributed by atoms with Gasteiger partial charge in [0.1, 0.15) is 11.6 Å². The van der Waals surface area contributed by atoms with Crippen molar-refractivity contribution in [3.63, 3.8) is 0 Å². The molecule has 2 aromatic rings. The number of ether oxygens (including phenoxy) is 1. The van der Waals surface area contributed by atoms with Crippen LogP contribution in [-0.4, -0.2) is 26.2 Å². The lowest BCUT2D eigenvalue weighted by molar-refractivity contribution is 0.411. The van der Waals surface area contributed by atoms with E-state index in [-0.39, 0.29) is 5.82 Å². The summed E-state index contributed by atoms with van der Waals surface area (Å²) in [4.78, 5) is 0. The van der Waals surface area contributed by atoms with Gasteiger partial charge in [-0.25, -0.2) is 4.39 Å². The van der Waals surface area contributed by atoms with Crippen molar-refractivity contribution in [2.24, 2.45) is 0 Å². The van der Waals surface area contributed by atoms with Gasteiger partial charge in [-0.3, -0.25) is 0 Å². The molecule has 4 nitrogen and oxygen atoms in total. The van der Waals surface area contributed by atoms with E-state index in [9.17, 15) is 4.39 Å². The normalized spacial score (nSPS) is 16.7. The molecule has 2 heterocycles. The van der Waals surface area contributed by atoms with Crippen LogP contribution >= 0.6 is 0 Å². The Bertz CT molecular complexity index is 828.